The summed E-state index contributed by atoms with van der Waals surface area (Å²) in [5.41, 5.74) is 1.84. The van der Waals surface area contributed by atoms with Crippen molar-refractivity contribution in [1.29, 1.82) is 0 Å². The van der Waals surface area contributed by atoms with Crippen LogP contribution < -0.4 is 10.1 Å². The number of aromatic nitrogens is 1. The number of hydrogen-bond donors (Lipinski definition) is 1. The molecule has 0 aliphatic carbocycles. The fourth-order valence-electron chi connectivity index (χ4n) is 2.55. The number of amides is 2. The SMILES string of the molecule is COc1ccc([C@@H](CNC(=O)N(C)Cc2cc(C)on2)N(C)C)cc1. The minimum Gasteiger partial charge on any atom is -0.497 e. The summed E-state index contributed by atoms with van der Waals surface area (Å²) in [6.07, 6.45) is 0. The number of urea groups is 1. The number of ether oxygens (including phenoxy) is 1. The van der Waals surface area contributed by atoms with Crippen molar-refractivity contribution >= 4 is 6.03 Å². The van der Waals surface area contributed by atoms with E-state index in [1.54, 1.807) is 19.1 Å². The summed E-state index contributed by atoms with van der Waals surface area (Å²) in [5.74, 6) is 1.55. The van der Waals surface area contributed by atoms with E-state index in [0.29, 0.717) is 13.1 Å². The number of aryl methyl sites for hydroxylation is 1. The van der Waals surface area contributed by atoms with Crippen LogP contribution in [0.3, 0.4) is 0 Å². The zero-order chi connectivity index (χ0) is 18.4. The van der Waals surface area contributed by atoms with Crippen LogP contribution in [0.1, 0.15) is 23.1 Å². The maximum Gasteiger partial charge on any atom is 0.317 e. The molecule has 7 nitrogen and oxygen atoms in total. The molecule has 0 radical (unpaired) electrons. The van der Waals surface area contributed by atoms with Crippen molar-refractivity contribution < 1.29 is 14.1 Å². The van der Waals surface area contributed by atoms with Gasteiger partial charge in [0.1, 0.15) is 17.2 Å². The van der Waals surface area contributed by atoms with Gasteiger partial charge < -0.3 is 24.4 Å². The first kappa shape index (κ1) is 18.8. The molecule has 2 rings (SSSR count). The molecule has 0 spiro atoms. The maximum atomic E-state index is 12.3. The first-order chi connectivity index (χ1) is 11.9. The van der Waals surface area contributed by atoms with Crippen molar-refractivity contribution in [2.24, 2.45) is 0 Å². The van der Waals surface area contributed by atoms with Gasteiger partial charge in [0.15, 0.2) is 0 Å². The molecule has 0 aliphatic rings. The lowest BCUT2D eigenvalue weighted by Crippen LogP contribution is -2.41. The molecule has 7 heteroatoms. The van der Waals surface area contributed by atoms with Gasteiger partial charge in [0.05, 0.1) is 19.7 Å². The van der Waals surface area contributed by atoms with Crippen molar-refractivity contribution in [1.82, 2.24) is 20.3 Å². The summed E-state index contributed by atoms with van der Waals surface area (Å²) in [6, 6.07) is 9.61. The summed E-state index contributed by atoms with van der Waals surface area (Å²) in [6.45, 7) is 2.73. The van der Waals surface area contributed by atoms with Crippen LogP contribution in [0.25, 0.3) is 0 Å². The fourth-order valence-corrected chi connectivity index (χ4v) is 2.55. The van der Waals surface area contributed by atoms with Gasteiger partial charge in [0.2, 0.25) is 0 Å². The van der Waals surface area contributed by atoms with E-state index in [9.17, 15) is 4.79 Å². The molecule has 0 aliphatic heterocycles. The van der Waals surface area contributed by atoms with Crippen molar-refractivity contribution in [3.63, 3.8) is 0 Å². The predicted octanol–water partition coefficient (Wildman–Crippen LogP) is 2.44. The second kappa shape index (κ2) is 8.53. The van der Waals surface area contributed by atoms with Crippen LogP contribution in [0.5, 0.6) is 5.75 Å². The predicted molar refractivity (Wildman–Crippen MR) is 95.5 cm³/mol. The highest BCUT2D eigenvalue weighted by Crippen LogP contribution is 2.20. The van der Waals surface area contributed by atoms with Crippen LogP contribution in [0.2, 0.25) is 0 Å². The van der Waals surface area contributed by atoms with E-state index < -0.39 is 0 Å². The van der Waals surface area contributed by atoms with Gasteiger partial charge >= 0.3 is 6.03 Å². The van der Waals surface area contributed by atoms with Crippen LogP contribution in [-0.2, 0) is 6.54 Å². The smallest absolute Gasteiger partial charge is 0.317 e. The zero-order valence-corrected chi connectivity index (χ0v) is 15.4. The monoisotopic (exact) mass is 346 g/mol. The van der Waals surface area contributed by atoms with Gasteiger partial charge in [-0.25, -0.2) is 4.79 Å². The van der Waals surface area contributed by atoms with E-state index in [2.05, 4.69) is 15.4 Å². The molecule has 2 aromatic rings. The lowest BCUT2D eigenvalue weighted by Gasteiger charge is -2.26. The second-order valence-electron chi connectivity index (χ2n) is 6.22. The topological polar surface area (TPSA) is 70.8 Å². The first-order valence-electron chi connectivity index (χ1n) is 8.12. The average molecular weight is 346 g/mol. The standard InChI is InChI=1S/C18H26N4O3/c1-13-10-15(20-25-13)12-22(4)18(23)19-11-17(21(2)3)14-6-8-16(24-5)9-7-14/h6-10,17H,11-12H2,1-5H3,(H,19,23)/t17-/m1/s1. The number of rotatable bonds is 7. The Balaban J connectivity index is 1.94. The third kappa shape index (κ3) is 5.22. The van der Waals surface area contributed by atoms with Crippen molar-refractivity contribution in [2.45, 2.75) is 19.5 Å². The van der Waals surface area contributed by atoms with Gasteiger partial charge in [-0.2, -0.15) is 0 Å². The van der Waals surface area contributed by atoms with Crippen LogP contribution in [0.15, 0.2) is 34.9 Å². The summed E-state index contributed by atoms with van der Waals surface area (Å²) >= 11 is 0. The third-order valence-electron chi connectivity index (χ3n) is 3.99. The number of nitrogens with one attached hydrogen (secondary N) is 1. The first-order valence-corrected chi connectivity index (χ1v) is 8.12. The number of carbonyl (C=O) groups excluding carboxylic acids is 1. The Bertz CT molecular complexity index is 682. The lowest BCUT2D eigenvalue weighted by molar-refractivity contribution is 0.199. The number of nitrogens with zero attached hydrogens (tertiary/aromatic N) is 3. The number of carbonyl (C=O) groups is 1. The fraction of sp³-hybridized carbons (Fsp3) is 0.444. The molecule has 1 aromatic carbocycles. The van der Waals surface area contributed by atoms with Crippen LogP contribution in [-0.4, -0.2) is 55.8 Å². The van der Waals surface area contributed by atoms with E-state index >= 15 is 0 Å². The Labute approximate surface area is 148 Å². The van der Waals surface area contributed by atoms with E-state index in [0.717, 1.165) is 22.8 Å². The van der Waals surface area contributed by atoms with Crippen LogP contribution >= 0.6 is 0 Å². The Morgan fingerprint density at radius 3 is 2.48 bits per heavy atom. The highest BCUT2D eigenvalue weighted by Gasteiger charge is 2.17. The van der Waals surface area contributed by atoms with Gasteiger partial charge in [-0.05, 0) is 38.7 Å². The molecule has 25 heavy (non-hydrogen) atoms. The Hall–Kier alpha value is -2.54. The summed E-state index contributed by atoms with van der Waals surface area (Å²) in [5, 5.41) is 6.88. The molecule has 1 N–H and O–H groups in total. The van der Waals surface area contributed by atoms with E-state index in [1.807, 2.05) is 51.4 Å². The van der Waals surface area contributed by atoms with Crippen molar-refractivity contribution in [3.8, 4) is 5.75 Å². The van der Waals surface area contributed by atoms with Gasteiger partial charge in [0.25, 0.3) is 0 Å². The van der Waals surface area contributed by atoms with Gasteiger partial charge in [-0.15, -0.1) is 0 Å². The third-order valence-corrected chi connectivity index (χ3v) is 3.99. The summed E-state index contributed by atoms with van der Waals surface area (Å²) in [4.78, 5) is 16.0. The van der Waals surface area contributed by atoms with Gasteiger partial charge in [0, 0.05) is 19.7 Å². The van der Waals surface area contributed by atoms with Crippen molar-refractivity contribution in [3.05, 3.63) is 47.3 Å². The number of likely N-dealkylation sites (N-methyl/N-ethyl adjacent to an activating group) is 1. The molecule has 0 saturated carbocycles. The lowest BCUT2D eigenvalue weighted by atomic mass is 10.1. The van der Waals surface area contributed by atoms with Crippen molar-refractivity contribution in [2.75, 3.05) is 34.8 Å². The second-order valence-corrected chi connectivity index (χ2v) is 6.22. The molecule has 0 bridgehead atoms. The molecular formula is C18H26N4O3. The molecule has 0 fully saturated rings. The normalized spacial score (nSPS) is 12.1. The molecule has 1 heterocycles. The molecular weight excluding hydrogens is 320 g/mol. The molecule has 2 amide bonds. The molecule has 0 saturated heterocycles. The maximum absolute atomic E-state index is 12.3. The average Bonchev–Trinajstić information content (AvgIpc) is 3.00. The minimum absolute atomic E-state index is 0.0672. The summed E-state index contributed by atoms with van der Waals surface area (Å²) < 4.78 is 10.2. The Morgan fingerprint density at radius 2 is 1.96 bits per heavy atom. The highest BCUT2D eigenvalue weighted by molar-refractivity contribution is 5.73. The number of benzene rings is 1. The minimum atomic E-state index is -0.152. The van der Waals surface area contributed by atoms with Gasteiger partial charge in [-0.1, -0.05) is 17.3 Å². The van der Waals surface area contributed by atoms with E-state index in [1.165, 1.54) is 0 Å². The number of hydrogen-bond acceptors (Lipinski definition) is 5. The Kier molecular flexibility index (Phi) is 6.41. The zero-order valence-electron chi connectivity index (χ0n) is 15.4. The molecule has 0 unspecified atom stereocenters. The van der Waals surface area contributed by atoms with E-state index in [4.69, 9.17) is 9.26 Å². The van der Waals surface area contributed by atoms with Crippen LogP contribution in [0, 0.1) is 6.92 Å². The van der Waals surface area contributed by atoms with Gasteiger partial charge in [-0.3, -0.25) is 0 Å². The quantitative estimate of drug-likeness (QED) is 0.834. The molecule has 1 atom stereocenters. The molecule has 1 aromatic heterocycles. The highest BCUT2D eigenvalue weighted by atomic mass is 16.5. The Morgan fingerprint density at radius 1 is 1.28 bits per heavy atom. The number of methoxy groups -OCH3 is 1. The largest absolute Gasteiger partial charge is 0.497 e. The van der Waals surface area contributed by atoms with E-state index in [-0.39, 0.29) is 12.1 Å². The summed E-state index contributed by atoms with van der Waals surface area (Å²) in [7, 11) is 7.36. The molecule has 136 valence electrons. The van der Waals surface area contributed by atoms with Crippen LogP contribution in [0.4, 0.5) is 4.79 Å².